The van der Waals surface area contributed by atoms with Crippen LogP contribution in [0, 0.1) is 0 Å². The molecule has 0 amide bonds. The lowest BCUT2D eigenvalue weighted by Crippen LogP contribution is -2.52. The van der Waals surface area contributed by atoms with Crippen LogP contribution in [0.3, 0.4) is 0 Å². The first-order valence-corrected chi connectivity index (χ1v) is 7.47. The van der Waals surface area contributed by atoms with E-state index in [-0.39, 0.29) is 6.61 Å². The predicted molar refractivity (Wildman–Crippen MR) is 80.5 cm³/mol. The van der Waals surface area contributed by atoms with Crippen LogP contribution in [0.25, 0.3) is 0 Å². The van der Waals surface area contributed by atoms with Gasteiger partial charge in [0.05, 0.1) is 18.2 Å². The second-order valence-electron chi connectivity index (χ2n) is 5.61. The molecule has 1 saturated heterocycles. The second kappa shape index (κ2) is 7.18. The summed E-state index contributed by atoms with van der Waals surface area (Å²) in [5, 5.41) is 9.73. The van der Waals surface area contributed by atoms with Gasteiger partial charge in [0, 0.05) is 26.2 Å². The number of aliphatic hydroxyl groups is 1. The molecular weight excluding hydrogens is 252 g/mol. The Balaban J connectivity index is 1.94. The molecule has 0 spiro atoms. The van der Waals surface area contributed by atoms with Crippen molar-refractivity contribution in [1.29, 1.82) is 0 Å². The van der Waals surface area contributed by atoms with E-state index in [4.69, 9.17) is 10.5 Å². The monoisotopic (exact) mass is 278 g/mol. The van der Waals surface area contributed by atoms with E-state index >= 15 is 0 Å². The SMILES string of the molecule is CCOC1CCN(CC(N)(CO)c2ccccc2)CC1. The first kappa shape index (κ1) is 15.4. The number of hydrogen-bond donors (Lipinski definition) is 2. The zero-order valence-electron chi connectivity index (χ0n) is 12.3. The van der Waals surface area contributed by atoms with E-state index in [1.165, 1.54) is 0 Å². The lowest BCUT2D eigenvalue weighted by Gasteiger charge is -2.38. The predicted octanol–water partition coefficient (Wildman–Crippen LogP) is 1.33. The molecule has 0 aliphatic carbocycles. The Kier molecular flexibility index (Phi) is 5.54. The van der Waals surface area contributed by atoms with Gasteiger partial charge in [-0.25, -0.2) is 0 Å². The molecule has 1 aromatic rings. The minimum Gasteiger partial charge on any atom is -0.394 e. The molecule has 2 rings (SSSR count). The lowest BCUT2D eigenvalue weighted by molar-refractivity contribution is 0.00625. The molecule has 1 atom stereocenters. The minimum absolute atomic E-state index is 0.0393. The fourth-order valence-electron chi connectivity index (χ4n) is 2.87. The first-order chi connectivity index (χ1) is 9.68. The van der Waals surface area contributed by atoms with Crippen LogP contribution in [0.2, 0.25) is 0 Å². The van der Waals surface area contributed by atoms with Crippen LogP contribution in [0.15, 0.2) is 30.3 Å². The van der Waals surface area contributed by atoms with Crippen LogP contribution in [-0.2, 0) is 10.3 Å². The van der Waals surface area contributed by atoms with Gasteiger partial charge in [-0.2, -0.15) is 0 Å². The number of nitrogens with zero attached hydrogens (tertiary/aromatic N) is 1. The first-order valence-electron chi connectivity index (χ1n) is 7.47. The van der Waals surface area contributed by atoms with Gasteiger partial charge in [-0.05, 0) is 25.3 Å². The minimum atomic E-state index is -0.681. The summed E-state index contributed by atoms with van der Waals surface area (Å²) in [5.74, 6) is 0. The number of benzene rings is 1. The van der Waals surface area contributed by atoms with Crippen LogP contribution < -0.4 is 5.73 Å². The van der Waals surface area contributed by atoms with E-state index in [9.17, 15) is 5.11 Å². The molecule has 1 fully saturated rings. The summed E-state index contributed by atoms with van der Waals surface area (Å²) in [7, 11) is 0. The Morgan fingerprint density at radius 3 is 2.50 bits per heavy atom. The molecular formula is C16H26N2O2. The van der Waals surface area contributed by atoms with Crippen LogP contribution in [0.4, 0.5) is 0 Å². The van der Waals surface area contributed by atoms with Gasteiger partial charge in [-0.1, -0.05) is 30.3 Å². The van der Waals surface area contributed by atoms with Crippen molar-refractivity contribution < 1.29 is 9.84 Å². The van der Waals surface area contributed by atoms with Gasteiger partial charge < -0.3 is 20.5 Å². The van der Waals surface area contributed by atoms with E-state index in [0.717, 1.165) is 38.1 Å². The van der Waals surface area contributed by atoms with Crippen molar-refractivity contribution in [3.63, 3.8) is 0 Å². The van der Waals surface area contributed by atoms with Gasteiger partial charge in [-0.15, -0.1) is 0 Å². The highest BCUT2D eigenvalue weighted by atomic mass is 16.5. The van der Waals surface area contributed by atoms with Gasteiger partial charge in [0.15, 0.2) is 0 Å². The summed E-state index contributed by atoms with van der Waals surface area (Å²) < 4.78 is 5.66. The molecule has 0 radical (unpaired) electrons. The van der Waals surface area contributed by atoms with Crippen LogP contribution in [0.1, 0.15) is 25.3 Å². The number of likely N-dealkylation sites (tertiary alicyclic amines) is 1. The topological polar surface area (TPSA) is 58.7 Å². The number of nitrogens with two attached hydrogens (primary N) is 1. The van der Waals surface area contributed by atoms with E-state index in [1.807, 2.05) is 37.3 Å². The standard InChI is InChI=1S/C16H26N2O2/c1-2-20-15-8-10-18(11-9-15)12-16(17,13-19)14-6-4-3-5-7-14/h3-7,15,19H,2,8-13,17H2,1H3. The van der Waals surface area contributed by atoms with Gasteiger partial charge in [-0.3, -0.25) is 0 Å². The highest BCUT2D eigenvalue weighted by Gasteiger charge is 2.31. The number of hydrogen-bond acceptors (Lipinski definition) is 4. The maximum Gasteiger partial charge on any atom is 0.0772 e. The average molecular weight is 278 g/mol. The molecule has 0 aromatic heterocycles. The highest BCUT2D eigenvalue weighted by molar-refractivity contribution is 5.24. The Hall–Kier alpha value is -0.940. The number of piperidine rings is 1. The quantitative estimate of drug-likeness (QED) is 0.824. The normalized spacial score (nSPS) is 20.8. The van der Waals surface area contributed by atoms with Crippen molar-refractivity contribution in [2.75, 3.05) is 32.8 Å². The fraction of sp³-hybridized carbons (Fsp3) is 0.625. The summed E-state index contributed by atoms with van der Waals surface area (Å²) >= 11 is 0. The van der Waals surface area contributed by atoms with Crippen molar-refractivity contribution in [3.8, 4) is 0 Å². The summed E-state index contributed by atoms with van der Waals surface area (Å²) in [6, 6.07) is 9.88. The third kappa shape index (κ3) is 3.79. The molecule has 1 heterocycles. The lowest BCUT2D eigenvalue weighted by atomic mass is 9.90. The van der Waals surface area contributed by atoms with E-state index in [0.29, 0.717) is 12.6 Å². The van der Waals surface area contributed by atoms with Crippen molar-refractivity contribution in [2.45, 2.75) is 31.4 Å². The maximum atomic E-state index is 9.73. The third-order valence-electron chi connectivity index (χ3n) is 4.07. The van der Waals surface area contributed by atoms with Gasteiger partial charge in [0.25, 0.3) is 0 Å². The largest absolute Gasteiger partial charge is 0.394 e. The molecule has 0 bridgehead atoms. The van der Waals surface area contributed by atoms with E-state index < -0.39 is 5.54 Å². The smallest absolute Gasteiger partial charge is 0.0772 e. The van der Waals surface area contributed by atoms with Gasteiger partial charge in [0.2, 0.25) is 0 Å². The average Bonchev–Trinajstić information content (AvgIpc) is 2.50. The second-order valence-corrected chi connectivity index (χ2v) is 5.61. The number of ether oxygens (including phenoxy) is 1. The van der Waals surface area contributed by atoms with Crippen molar-refractivity contribution >= 4 is 0 Å². The molecule has 3 N–H and O–H groups in total. The summed E-state index contributed by atoms with van der Waals surface area (Å²) in [6.07, 6.45) is 2.48. The van der Waals surface area contributed by atoms with Crippen molar-refractivity contribution in [1.82, 2.24) is 4.90 Å². The van der Waals surface area contributed by atoms with E-state index in [1.54, 1.807) is 0 Å². The molecule has 4 nitrogen and oxygen atoms in total. The molecule has 1 unspecified atom stereocenters. The molecule has 1 aliphatic rings. The number of rotatable bonds is 6. The fourth-order valence-corrected chi connectivity index (χ4v) is 2.87. The molecule has 20 heavy (non-hydrogen) atoms. The zero-order valence-corrected chi connectivity index (χ0v) is 12.3. The summed E-state index contributed by atoms with van der Waals surface area (Å²) in [6.45, 7) is 5.44. The Morgan fingerprint density at radius 2 is 1.95 bits per heavy atom. The highest BCUT2D eigenvalue weighted by Crippen LogP contribution is 2.22. The molecule has 1 aromatic carbocycles. The molecule has 112 valence electrons. The summed E-state index contributed by atoms with van der Waals surface area (Å²) in [4.78, 5) is 2.33. The van der Waals surface area contributed by atoms with Gasteiger partial charge >= 0.3 is 0 Å². The molecule has 0 saturated carbocycles. The Bertz CT molecular complexity index is 391. The Labute approximate surface area is 121 Å². The van der Waals surface area contributed by atoms with Crippen molar-refractivity contribution in [2.24, 2.45) is 5.73 Å². The number of aliphatic hydroxyl groups excluding tert-OH is 1. The van der Waals surface area contributed by atoms with Crippen LogP contribution >= 0.6 is 0 Å². The molecule has 1 aliphatic heterocycles. The van der Waals surface area contributed by atoms with Gasteiger partial charge in [0.1, 0.15) is 0 Å². The van der Waals surface area contributed by atoms with Crippen LogP contribution in [-0.4, -0.2) is 49.0 Å². The third-order valence-corrected chi connectivity index (χ3v) is 4.07. The van der Waals surface area contributed by atoms with Crippen molar-refractivity contribution in [3.05, 3.63) is 35.9 Å². The van der Waals surface area contributed by atoms with E-state index in [2.05, 4.69) is 4.90 Å². The Morgan fingerprint density at radius 1 is 1.30 bits per heavy atom. The summed E-state index contributed by atoms with van der Waals surface area (Å²) in [5.41, 5.74) is 6.73. The van der Waals surface area contributed by atoms with Crippen LogP contribution in [0.5, 0.6) is 0 Å². The zero-order chi connectivity index (χ0) is 14.4. The maximum absolute atomic E-state index is 9.73. The molecule has 4 heteroatoms.